The van der Waals surface area contributed by atoms with Crippen LogP contribution in [0, 0.1) is 23.2 Å². The minimum atomic E-state index is -0.850. The third-order valence-electron chi connectivity index (χ3n) is 10.5. The summed E-state index contributed by atoms with van der Waals surface area (Å²) in [7, 11) is 1.74. The molecular formula is C34H41BrN4O4. The summed E-state index contributed by atoms with van der Waals surface area (Å²) in [6.45, 7) is 5.10. The number of hydrogen-bond donors (Lipinski definition) is 3. The Morgan fingerprint density at radius 2 is 1.74 bits per heavy atom. The number of hydrogen-bond acceptors (Lipinski definition) is 4. The van der Waals surface area contributed by atoms with Crippen LogP contribution in [0.4, 0.5) is 0 Å². The number of β-amino-alcohol motifs (C(OH)–C–C–N with tert-alkyl or cyclic N) is 1. The number of para-hydroxylation sites is 1. The molecule has 4 fully saturated rings. The third kappa shape index (κ3) is 5.74. The van der Waals surface area contributed by atoms with Crippen LogP contribution in [0.5, 0.6) is 0 Å². The molecule has 2 aromatic carbocycles. The molecule has 9 heteroatoms. The molecule has 1 aromatic heterocycles. The number of aromatic amines is 1. The van der Waals surface area contributed by atoms with Gasteiger partial charge in [0.05, 0.1) is 6.10 Å². The highest BCUT2D eigenvalue weighted by molar-refractivity contribution is 9.10. The molecule has 5 atom stereocenters. The second kappa shape index (κ2) is 11.7. The summed E-state index contributed by atoms with van der Waals surface area (Å²) >= 11 is 3.57. The van der Waals surface area contributed by atoms with Crippen molar-refractivity contribution in [2.24, 2.45) is 23.2 Å². The number of nitrogens with one attached hydrogen (secondary N) is 2. The van der Waals surface area contributed by atoms with E-state index in [0.717, 1.165) is 39.3 Å². The summed E-state index contributed by atoms with van der Waals surface area (Å²) in [6.07, 6.45) is 4.43. The minimum Gasteiger partial charge on any atom is -0.391 e. The quantitative estimate of drug-likeness (QED) is 0.331. The second-order valence-corrected chi connectivity index (χ2v) is 14.3. The first-order valence-corrected chi connectivity index (χ1v) is 16.1. The smallest absolute Gasteiger partial charge is 0.245 e. The Kier molecular flexibility index (Phi) is 8.15. The zero-order valence-electron chi connectivity index (χ0n) is 25.1. The Morgan fingerprint density at radius 1 is 1.05 bits per heavy atom. The largest absolute Gasteiger partial charge is 0.391 e. The van der Waals surface area contributed by atoms with Crippen LogP contribution in [0.3, 0.4) is 0 Å². The number of amides is 3. The fourth-order valence-electron chi connectivity index (χ4n) is 7.66. The zero-order chi connectivity index (χ0) is 30.5. The van der Waals surface area contributed by atoms with Crippen LogP contribution >= 0.6 is 15.9 Å². The van der Waals surface area contributed by atoms with Gasteiger partial charge in [0.2, 0.25) is 17.7 Å². The summed E-state index contributed by atoms with van der Waals surface area (Å²) in [6, 6.07) is 14.0. The molecule has 2 bridgehead atoms. The number of likely N-dealkylation sites (tertiary alicyclic amines) is 1. The van der Waals surface area contributed by atoms with E-state index in [9.17, 15) is 19.5 Å². The van der Waals surface area contributed by atoms with Crippen LogP contribution in [0.25, 0.3) is 10.9 Å². The van der Waals surface area contributed by atoms with Gasteiger partial charge in [0.15, 0.2) is 0 Å². The van der Waals surface area contributed by atoms with E-state index in [1.165, 1.54) is 6.42 Å². The number of nitrogens with zero attached hydrogens (tertiary/aromatic N) is 2. The van der Waals surface area contributed by atoms with E-state index in [0.29, 0.717) is 24.8 Å². The van der Waals surface area contributed by atoms with Crippen molar-refractivity contribution in [1.29, 1.82) is 0 Å². The number of carbonyl (C=O) groups excluding carboxylic acids is 3. The van der Waals surface area contributed by atoms with Crippen molar-refractivity contribution < 1.29 is 19.5 Å². The van der Waals surface area contributed by atoms with Crippen molar-refractivity contribution in [3.63, 3.8) is 0 Å². The van der Waals surface area contributed by atoms with Crippen molar-refractivity contribution in [3.05, 3.63) is 70.3 Å². The Morgan fingerprint density at radius 3 is 2.47 bits per heavy atom. The lowest BCUT2D eigenvalue weighted by atomic mass is 9.46. The number of H-pyrrole nitrogens is 1. The van der Waals surface area contributed by atoms with E-state index in [-0.39, 0.29) is 36.1 Å². The maximum atomic E-state index is 14.0. The predicted molar refractivity (Wildman–Crippen MR) is 169 cm³/mol. The first kappa shape index (κ1) is 29.9. The maximum Gasteiger partial charge on any atom is 0.245 e. The van der Waals surface area contributed by atoms with Crippen LogP contribution in [0.15, 0.2) is 59.2 Å². The predicted octanol–water partition coefficient (Wildman–Crippen LogP) is 4.65. The van der Waals surface area contributed by atoms with E-state index in [4.69, 9.17) is 0 Å². The van der Waals surface area contributed by atoms with Crippen LogP contribution in [0.2, 0.25) is 0 Å². The normalized spacial score (nSPS) is 26.5. The summed E-state index contributed by atoms with van der Waals surface area (Å²) in [5, 5.41) is 14.6. The first-order valence-electron chi connectivity index (χ1n) is 15.3. The van der Waals surface area contributed by atoms with Gasteiger partial charge in [0, 0.05) is 60.5 Å². The van der Waals surface area contributed by atoms with Gasteiger partial charge >= 0.3 is 0 Å². The Labute approximate surface area is 261 Å². The molecule has 3 aliphatic carbocycles. The molecule has 4 unspecified atom stereocenters. The van der Waals surface area contributed by atoms with E-state index in [2.05, 4.69) is 40.1 Å². The molecule has 1 saturated heterocycles. The molecule has 3 amide bonds. The van der Waals surface area contributed by atoms with Gasteiger partial charge in [-0.15, -0.1) is 0 Å². The summed E-state index contributed by atoms with van der Waals surface area (Å²) in [5.41, 5.74) is 3.11. The van der Waals surface area contributed by atoms with Crippen molar-refractivity contribution in [2.75, 3.05) is 13.6 Å². The molecule has 8 nitrogen and oxygen atoms in total. The van der Waals surface area contributed by atoms with Crippen LogP contribution in [-0.2, 0) is 27.3 Å². The van der Waals surface area contributed by atoms with Crippen molar-refractivity contribution in [2.45, 2.75) is 70.7 Å². The number of aliphatic hydroxyl groups excluding tert-OH is 1. The number of likely N-dealkylation sites (N-methyl/N-ethyl adjacent to an activating group) is 1. The average molecular weight is 650 g/mol. The molecule has 7 rings (SSSR count). The number of benzene rings is 2. The number of aliphatic hydroxyl groups is 1. The molecule has 4 aliphatic rings. The van der Waals surface area contributed by atoms with E-state index < -0.39 is 24.1 Å². The topological polar surface area (TPSA) is 106 Å². The zero-order valence-corrected chi connectivity index (χ0v) is 26.6. The maximum absolute atomic E-state index is 14.0. The second-order valence-electron chi connectivity index (χ2n) is 13.4. The van der Waals surface area contributed by atoms with Gasteiger partial charge in [-0.1, -0.05) is 66.2 Å². The van der Waals surface area contributed by atoms with Crippen LogP contribution in [0.1, 0.15) is 50.7 Å². The number of rotatable bonds is 8. The van der Waals surface area contributed by atoms with Gasteiger partial charge in [-0.25, -0.2) is 0 Å². The fourth-order valence-corrected chi connectivity index (χ4v) is 8.07. The van der Waals surface area contributed by atoms with E-state index in [1.807, 2.05) is 54.7 Å². The Hall–Kier alpha value is -3.17. The first-order chi connectivity index (χ1) is 20.5. The van der Waals surface area contributed by atoms with Crippen LogP contribution in [-0.4, -0.2) is 69.4 Å². The molecule has 0 radical (unpaired) electrons. The monoisotopic (exact) mass is 648 g/mol. The Balaban J connectivity index is 1.21. The van der Waals surface area contributed by atoms with Gasteiger partial charge in [-0.2, -0.15) is 0 Å². The molecule has 2 heterocycles. The molecule has 3 aromatic rings. The van der Waals surface area contributed by atoms with E-state index >= 15 is 0 Å². The SMILES string of the molecule is CN(Cc1ccccc1Br)C(=O)C(Cc1c[nH]c2ccccc12)NC(=O)C1C[C@@H](O)CN1C(=O)C1CC2CC(C1)C2(C)C. The fraction of sp³-hybridized carbons (Fsp3) is 0.500. The summed E-state index contributed by atoms with van der Waals surface area (Å²) in [4.78, 5) is 48.1. The Bertz CT molecular complexity index is 1520. The third-order valence-corrected chi connectivity index (χ3v) is 11.3. The highest BCUT2D eigenvalue weighted by atomic mass is 79.9. The summed E-state index contributed by atoms with van der Waals surface area (Å²) in [5.74, 6) is 0.291. The molecule has 0 spiro atoms. The number of aromatic nitrogens is 1. The van der Waals surface area contributed by atoms with Crippen molar-refractivity contribution in [1.82, 2.24) is 20.1 Å². The van der Waals surface area contributed by atoms with Crippen LogP contribution < -0.4 is 5.32 Å². The highest BCUT2D eigenvalue weighted by Crippen LogP contribution is 2.60. The van der Waals surface area contributed by atoms with E-state index in [1.54, 1.807) is 16.8 Å². The van der Waals surface area contributed by atoms with Crippen molar-refractivity contribution in [3.8, 4) is 0 Å². The number of halogens is 1. The molecule has 3 saturated carbocycles. The van der Waals surface area contributed by atoms with Gasteiger partial charge < -0.3 is 25.2 Å². The molecule has 43 heavy (non-hydrogen) atoms. The van der Waals surface area contributed by atoms with Gasteiger partial charge in [-0.3, -0.25) is 14.4 Å². The standard InChI is InChI=1S/C34H41BrN4O4/c1-34(2)23-12-21(13-24(34)15-23)32(42)39-19-25(40)16-30(39)31(41)37-29(14-22-17-36-28-11-7-5-9-26(22)28)33(43)38(3)18-20-8-4-6-10-27(20)35/h4-11,17,21,23-25,29-30,36,40H,12-16,18-19H2,1-3H3,(H,37,41)/t21?,23?,24?,25-,29?,30?/m1/s1. The van der Waals surface area contributed by atoms with Gasteiger partial charge in [0.25, 0.3) is 0 Å². The van der Waals surface area contributed by atoms with Gasteiger partial charge in [0.1, 0.15) is 12.1 Å². The van der Waals surface area contributed by atoms with Gasteiger partial charge in [-0.05, 0) is 59.8 Å². The molecular weight excluding hydrogens is 608 g/mol. The lowest BCUT2D eigenvalue weighted by Crippen LogP contribution is -2.57. The molecule has 3 N–H and O–H groups in total. The lowest BCUT2D eigenvalue weighted by Gasteiger charge is -2.58. The van der Waals surface area contributed by atoms with Crippen molar-refractivity contribution >= 4 is 44.6 Å². The highest BCUT2D eigenvalue weighted by Gasteiger charge is 2.55. The average Bonchev–Trinajstić information content (AvgIpc) is 3.60. The number of carbonyl (C=O) groups is 3. The minimum absolute atomic E-state index is 0.0348. The number of fused-ring (bicyclic) bond motifs is 3. The molecule has 1 aliphatic heterocycles. The summed E-state index contributed by atoms with van der Waals surface area (Å²) < 4.78 is 0.907. The lowest BCUT2D eigenvalue weighted by molar-refractivity contribution is -0.153. The molecule has 228 valence electrons.